The van der Waals surface area contributed by atoms with Gasteiger partial charge in [0, 0.05) is 18.2 Å². The van der Waals surface area contributed by atoms with E-state index < -0.39 is 0 Å². The lowest BCUT2D eigenvalue weighted by Gasteiger charge is -2.10. The molecular formula is C17H16FN5S. The monoisotopic (exact) mass is 341 g/mol. The second kappa shape index (κ2) is 7.46. The molecule has 1 aliphatic carbocycles. The molecule has 0 radical (unpaired) electrons. The van der Waals surface area contributed by atoms with Crippen molar-refractivity contribution in [2.45, 2.75) is 36.9 Å². The average Bonchev–Trinajstić information content (AvgIpc) is 3.35. The number of aromatic nitrogens is 3. The van der Waals surface area contributed by atoms with Crippen LogP contribution in [0.1, 0.15) is 31.7 Å². The molecule has 0 spiro atoms. The molecule has 0 bridgehead atoms. The maximum atomic E-state index is 14.1. The molecule has 5 nitrogen and oxygen atoms in total. The first kappa shape index (κ1) is 16.5. The number of rotatable bonds is 7. The lowest BCUT2D eigenvalue weighted by Crippen LogP contribution is -2.04. The highest BCUT2D eigenvalue weighted by atomic mass is 32.2. The van der Waals surface area contributed by atoms with Gasteiger partial charge in [0.25, 0.3) is 0 Å². The van der Waals surface area contributed by atoms with Crippen LogP contribution in [0.5, 0.6) is 0 Å². The van der Waals surface area contributed by atoms with Gasteiger partial charge in [-0.05, 0) is 31.4 Å². The summed E-state index contributed by atoms with van der Waals surface area (Å²) in [5.74, 6) is 0.590. The molecule has 7 heteroatoms. The van der Waals surface area contributed by atoms with E-state index in [9.17, 15) is 9.65 Å². The number of nitriles is 2. The zero-order chi connectivity index (χ0) is 16.9. The molecule has 24 heavy (non-hydrogen) atoms. The van der Waals surface area contributed by atoms with Crippen molar-refractivity contribution < 1.29 is 4.39 Å². The van der Waals surface area contributed by atoms with Gasteiger partial charge < -0.3 is 0 Å². The zero-order valence-corrected chi connectivity index (χ0v) is 13.8. The van der Waals surface area contributed by atoms with Gasteiger partial charge in [-0.3, -0.25) is 4.57 Å². The Morgan fingerprint density at radius 2 is 2.08 bits per heavy atom. The molecular weight excluding hydrogens is 325 g/mol. The van der Waals surface area contributed by atoms with Crippen LogP contribution in [0.2, 0.25) is 0 Å². The third-order valence-electron chi connectivity index (χ3n) is 3.89. The first-order valence-electron chi connectivity index (χ1n) is 7.83. The van der Waals surface area contributed by atoms with E-state index in [4.69, 9.17) is 5.26 Å². The van der Waals surface area contributed by atoms with Crippen molar-refractivity contribution in [3.05, 3.63) is 30.1 Å². The molecule has 0 unspecified atom stereocenters. The highest BCUT2D eigenvalue weighted by Gasteiger charge is 2.31. The molecule has 1 fully saturated rings. The number of hydrogen-bond acceptors (Lipinski definition) is 5. The molecule has 2 aromatic rings. The normalized spacial score (nSPS) is 14.8. The van der Waals surface area contributed by atoms with Crippen LogP contribution >= 0.6 is 11.8 Å². The van der Waals surface area contributed by atoms with Crippen LogP contribution in [0.3, 0.4) is 0 Å². The highest BCUT2D eigenvalue weighted by molar-refractivity contribution is 7.99. The Morgan fingerprint density at radius 3 is 2.75 bits per heavy atom. The lowest BCUT2D eigenvalue weighted by atomic mass is 10.1. The molecule has 3 rings (SSSR count). The summed E-state index contributed by atoms with van der Waals surface area (Å²) >= 11 is 1.45. The van der Waals surface area contributed by atoms with Crippen molar-refractivity contribution in [1.82, 2.24) is 14.8 Å². The van der Waals surface area contributed by atoms with Crippen LogP contribution in [0, 0.1) is 34.4 Å². The standard InChI is InChI=1S/C17H16FN5S/c18-15-6-2-1-5-14(15)16-21-22-17(23(16)13-7-8-13)24-11-12(10-20)4-3-9-19/h1-2,5-6,12-13H,3-4,7-8,11H2/t12-/m1/s1. The molecule has 1 atom stereocenters. The molecule has 122 valence electrons. The molecule has 0 N–H and O–H groups in total. The van der Waals surface area contributed by atoms with Gasteiger partial charge >= 0.3 is 0 Å². The van der Waals surface area contributed by atoms with Gasteiger partial charge in [0.15, 0.2) is 11.0 Å². The van der Waals surface area contributed by atoms with E-state index in [1.807, 2.05) is 4.57 Å². The van der Waals surface area contributed by atoms with Crippen molar-refractivity contribution in [2.75, 3.05) is 5.75 Å². The van der Waals surface area contributed by atoms with Crippen molar-refractivity contribution >= 4 is 11.8 Å². The topological polar surface area (TPSA) is 78.3 Å². The van der Waals surface area contributed by atoms with Crippen molar-refractivity contribution in [3.63, 3.8) is 0 Å². The van der Waals surface area contributed by atoms with Crippen LogP contribution in [0.15, 0.2) is 29.4 Å². The Hall–Kier alpha value is -2.38. The average molecular weight is 341 g/mol. The number of halogens is 1. The SMILES string of the molecule is N#CCC[C@H](C#N)CSc1nnc(-c2ccccc2F)n1C1CC1. The quantitative estimate of drug-likeness (QED) is 0.712. The van der Waals surface area contributed by atoms with Gasteiger partial charge in [-0.1, -0.05) is 23.9 Å². The predicted octanol–water partition coefficient (Wildman–Crippen LogP) is 3.95. The fraction of sp³-hybridized carbons (Fsp3) is 0.412. The van der Waals surface area contributed by atoms with Gasteiger partial charge in [0.1, 0.15) is 5.82 Å². The fourth-order valence-corrected chi connectivity index (χ4v) is 3.53. The van der Waals surface area contributed by atoms with Crippen LogP contribution in [0.25, 0.3) is 11.4 Å². The third kappa shape index (κ3) is 3.58. The Bertz CT molecular complexity index is 800. The Balaban J connectivity index is 1.82. The minimum Gasteiger partial charge on any atom is -0.299 e. The number of hydrogen-bond donors (Lipinski definition) is 0. The molecule has 1 aliphatic rings. The fourth-order valence-electron chi connectivity index (χ4n) is 2.46. The lowest BCUT2D eigenvalue weighted by molar-refractivity contribution is 0.622. The summed E-state index contributed by atoms with van der Waals surface area (Å²) in [5, 5.41) is 26.9. The van der Waals surface area contributed by atoms with Gasteiger partial charge in [-0.2, -0.15) is 10.5 Å². The van der Waals surface area contributed by atoms with Gasteiger partial charge in [0.2, 0.25) is 0 Å². The predicted molar refractivity (Wildman–Crippen MR) is 88.4 cm³/mol. The van der Waals surface area contributed by atoms with E-state index in [1.54, 1.807) is 18.2 Å². The van der Waals surface area contributed by atoms with Crippen LogP contribution < -0.4 is 0 Å². The largest absolute Gasteiger partial charge is 0.299 e. The van der Waals surface area contributed by atoms with Gasteiger partial charge in [-0.15, -0.1) is 10.2 Å². The maximum Gasteiger partial charge on any atom is 0.191 e. The molecule has 1 aromatic carbocycles. The summed E-state index contributed by atoms with van der Waals surface area (Å²) in [5.41, 5.74) is 0.449. The first-order valence-corrected chi connectivity index (χ1v) is 8.82. The summed E-state index contributed by atoms with van der Waals surface area (Å²) in [4.78, 5) is 0. The van der Waals surface area contributed by atoms with Crippen LogP contribution in [-0.2, 0) is 0 Å². The van der Waals surface area contributed by atoms with Crippen molar-refractivity contribution in [2.24, 2.45) is 5.92 Å². The van der Waals surface area contributed by atoms with Gasteiger partial charge in [-0.25, -0.2) is 4.39 Å². The Kier molecular flexibility index (Phi) is 5.12. The molecule has 1 aromatic heterocycles. The summed E-state index contributed by atoms with van der Waals surface area (Å²) in [7, 11) is 0. The molecule has 1 heterocycles. The van der Waals surface area contributed by atoms with Crippen molar-refractivity contribution in [1.29, 1.82) is 10.5 Å². The minimum absolute atomic E-state index is 0.198. The van der Waals surface area contributed by atoms with Crippen molar-refractivity contribution in [3.8, 4) is 23.5 Å². The summed E-state index contributed by atoms with van der Waals surface area (Å²) < 4.78 is 16.1. The number of thioether (sulfide) groups is 1. The van der Waals surface area contributed by atoms with E-state index in [0.717, 1.165) is 12.8 Å². The maximum absolute atomic E-state index is 14.1. The molecule has 0 amide bonds. The van der Waals surface area contributed by atoms with E-state index in [2.05, 4.69) is 22.3 Å². The zero-order valence-electron chi connectivity index (χ0n) is 13.0. The van der Waals surface area contributed by atoms with E-state index >= 15 is 0 Å². The smallest absolute Gasteiger partial charge is 0.191 e. The van der Waals surface area contributed by atoms with Gasteiger partial charge in [0.05, 0.1) is 23.6 Å². The van der Waals surface area contributed by atoms with E-state index in [0.29, 0.717) is 41.2 Å². The number of benzene rings is 1. The summed E-state index contributed by atoms with van der Waals surface area (Å²) in [6.07, 6.45) is 2.98. The second-order valence-electron chi connectivity index (χ2n) is 5.72. The molecule has 1 saturated carbocycles. The van der Waals surface area contributed by atoms with Crippen LogP contribution in [-0.4, -0.2) is 20.5 Å². The highest BCUT2D eigenvalue weighted by Crippen LogP contribution is 2.41. The van der Waals surface area contributed by atoms with Crippen LogP contribution in [0.4, 0.5) is 4.39 Å². The first-order chi connectivity index (χ1) is 11.7. The van der Waals surface area contributed by atoms with E-state index in [-0.39, 0.29) is 11.7 Å². The minimum atomic E-state index is -0.313. The summed E-state index contributed by atoms with van der Waals surface area (Å²) in [6, 6.07) is 11.2. The third-order valence-corrected chi connectivity index (χ3v) is 5.00. The summed E-state index contributed by atoms with van der Waals surface area (Å²) in [6.45, 7) is 0. The number of nitrogens with zero attached hydrogens (tertiary/aromatic N) is 5. The van der Waals surface area contributed by atoms with E-state index in [1.165, 1.54) is 17.8 Å². The Morgan fingerprint density at radius 1 is 1.29 bits per heavy atom. The molecule has 0 aliphatic heterocycles. The Labute approximate surface area is 144 Å². The second-order valence-corrected chi connectivity index (χ2v) is 6.71. The molecule has 0 saturated heterocycles.